The molecule has 17 heavy (non-hydrogen) atoms. The molecule has 2 aliphatic rings. The molecule has 0 bridgehead atoms. The molecule has 0 saturated carbocycles. The molecule has 0 aromatic rings. The largest absolute Gasteiger partial charge is 0.316 e. The smallest absolute Gasteiger partial charge is 0.00189 e. The van der Waals surface area contributed by atoms with Gasteiger partial charge in [0.1, 0.15) is 0 Å². The first-order valence-electron chi connectivity index (χ1n) is 7.32. The number of nitrogens with zero attached hydrogens (tertiary/aromatic N) is 2. The van der Waals surface area contributed by atoms with E-state index in [0.29, 0.717) is 0 Å². The summed E-state index contributed by atoms with van der Waals surface area (Å²) in [5.74, 6) is 1.83. The Hall–Kier alpha value is -0.120. The van der Waals surface area contributed by atoms with Gasteiger partial charge in [0.25, 0.3) is 0 Å². The summed E-state index contributed by atoms with van der Waals surface area (Å²) in [6, 6.07) is 0. The van der Waals surface area contributed by atoms with Crippen LogP contribution in [0.5, 0.6) is 0 Å². The summed E-state index contributed by atoms with van der Waals surface area (Å²) in [4.78, 5) is 5.04. The second kappa shape index (κ2) is 6.72. The Bertz CT molecular complexity index is 206. The van der Waals surface area contributed by atoms with Crippen LogP contribution in [0.3, 0.4) is 0 Å². The summed E-state index contributed by atoms with van der Waals surface area (Å²) >= 11 is 0. The Labute approximate surface area is 107 Å². The summed E-state index contributed by atoms with van der Waals surface area (Å²) in [5, 5.41) is 3.52. The molecule has 0 aromatic heterocycles. The lowest BCUT2D eigenvalue weighted by molar-refractivity contribution is 0.159. The number of hydrogen-bond acceptors (Lipinski definition) is 3. The van der Waals surface area contributed by atoms with Crippen molar-refractivity contribution in [3.8, 4) is 0 Å². The molecule has 3 heteroatoms. The van der Waals surface area contributed by atoms with E-state index in [1.165, 1.54) is 65.0 Å². The van der Waals surface area contributed by atoms with Gasteiger partial charge in [-0.25, -0.2) is 0 Å². The van der Waals surface area contributed by atoms with E-state index in [0.717, 1.165) is 11.8 Å². The fourth-order valence-corrected chi connectivity index (χ4v) is 3.28. The Morgan fingerprint density at radius 1 is 1.12 bits per heavy atom. The van der Waals surface area contributed by atoms with Crippen LogP contribution in [0, 0.1) is 11.8 Å². The third kappa shape index (κ3) is 4.57. The van der Waals surface area contributed by atoms with Gasteiger partial charge >= 0.3 is 0 Å². The van der Waals surface area contributed by atoms with Gasteiger partial charge < -0.3 is 15.1 Å². The maximum Gasteiger partial charge on any atom is 0.00189 e. The van der Waals surface area contributed by atoms with Crippen molar-refractivity contribution in [2.45, 2.75) is 25.7 Å². The highest BCUT2D eigenvalue weighted by molar-refractivity contribution is 4.76. The maximum absolute atomic E-state index is 3.52. The highest BCUT2D eigenvalue weighted by atomic mass is 15.1. The average Bonchev–Trinajstić information content (AvgIpc) is 2.33. The van der Waals surface area contributed by atoms with Gasteiger partial charge in [0.05, 0.1) is 0 Å². The van der Waals surface area contributed by atoms with E-state index in [-0.39, 0.29) is 0 Å². The number of nitrogens with one attached hydrogen (secondary N) is 1. The van der Waals surface area contributed by atoms with E-state index in [1.54, 1.807) is 0 Å². The average molecular weight is 239 g/mol. The van der Waals surface area contributed by atoms with Crippen molar-refractivity contribution >= 4 is 0 Å². The van der Waals surface area contributed by atoms with Crippen LogP contribution in [-0.4, -0.2) is 63.2 Å². The summed E-state index contributed by atoms with van der Waals surface area (Å²) < 4.78 is 0. The zero-order chi connectivity index (χ0) is 12.1. The van der Waals surface area contributed by atoms with Gasteiger partial charge in [0.2, 0.25) is 0 Å². The van der Waals surface area contributed by atoms with Gasteiger partial charge in [-0.05, 0) is 77.8 Å². The summed E-state index contributed by atoms with van der Waals surface area (Å²) in [6.07, 6.45) is 5.57. The van der Waals surface area contributed by atoms with Crippen molar-refractivity contribution in [1.29, 1.82) is 0 Å². The van der Waals surface area contributed by atoms with E-state index >= 15 is 0 Å². The number of rotatable bonds is 4. The first-order chi connectivity index (χ1) is 8.24. The van der Waals surface area contributed by atoms with Gasteiger partial charge in [-0.2, -0.15) is 0 Å². The Kier molecular flexibility index (Phi) is 5.26. The van der Waals surface area contributed by atoms with Crippen molar-refractivity contribution in [3.63, 3.8) is 0 Å². The lowest BCUT2D eigenvalue weighted by atomic mass is 9.95. The van der Waals surface area contributed by atoms with Gasteiger partial charge in [-0.1, -0.05) is 0 Å². The van der Waals surface area contributed by atoms with Crippen LogP contribution in [-0.2, 0) is 0 Å². The van der Waals surface area contributed by atoms with E-state index in [4.69, 9.17) is 0 Å². The highest BCUT2D eigenvalue weighted by Crippen LogP contribution is 2.18. The van der Waals surface area contributed by atoms with Crippen LogP contribution in [0.2, 0.25) is 0 Å². The molecule has 0 aliphatic carbocycles. The predicted molar refractivity (Wildman–Crippen MR) is 73.3 cm³/mol. The minimum atomic E-state index is 0.889. The second-order valence-electron chi connectivity index (χ2n) is 6.18. The lowest BCUT2D eigenvalue weighted by Gasteiger charge is -2.33. The summed E-state index contributed by atoms with van der Waals surface area (Å²) in [7, 11) is 4.56. The van der Waals surface area contributed by atoms with Gasteiger partial charge in [0, 0.05) is 13.1 Å². The molecule has 0 spiro atoms. The third-order valence-electron chi connectivity index (χ3n) is 4.38. The van der Waals surface area contributed by atoms with Crippen LogP contribution in [0.1, 0.15) is 25.7 Å². The SMILES string of the molecule is CN1CCC(CN(C)CC2CCCNC2)CC1. The number of piperidine rings is 2. The molecule has 2 fully saturated rings. The standard InChI is InChI=1S/C14H29N3/c1-16-8-5-13(6-9-16)11-17(2)12-14-4-3-7-15-10-14/h13-15H,3-12H2,1-2H3. The molecular formula is C14H29N3. The van der Waals surface area contributed by atoms with Gasteiger partial charge in [0.15, 0.2) is 0 Å². The monoisotopic (exact) mass is 239 g/mol. The zero-order valence-corrected chi connectivity index (χ0v) is 11.6. The van der Waals surface area contributed by atoms with E-state index < -0.39 is 0 Å². The molecule has 2 saturated heterocycles. The minimum absolute atomic E-state index is 0.889. The van der Waals surface area contributed by atoms with Crippen molar-refractivity contribution in [3.05, 3.63) is 0 Å². The molecule has 2 aliphatic heterocycles. The molecule has 2 heterocycles. The molecule has 1 N–H and O–H groups in total. The Morgan fingerprint density at radius 2 is 1.82 bits per heavy atom. The van der Waals surface area contributed by atoms with Gasteiger partial charge in [-0.3, -0.25) is 0 Å². The molecule has 0 amide bonds. The number of hydrogen-bond donors (Lipinski definition) is 1. The first-order valence-corrected chi connectivity index (χ1v) is 7.32. The van der Waals surface area contributed by atoms with E-state index in [2.05, 4.69) is 29.2 Å². The van der Waals surface area contributed by atoms with Crippen molar-refractivity contribution in [2.24, 2.45) is 11.8 Å². The molecule has 2 rings (SSSR count). The molecule has 0 aromatic carbocycles. The molecule has 3 nitrogen and oxygen atoms in total. The highest BCUT2D eigenvalue weighted by Gasteiger charge is 2.20. The molecule has 0 radical (unpaired) electrons. The predicted octanol–water partition coefficient (Wildman–Crippen LogP) is 1.26. The van der Waals surface area contributed by atoms with Crippen LogP contribution >= 0.6 is 0 Å². The third-order valence-corrected chi connectivity index (χ3v) is 4.38. The van der Waals surface area contributed by atoms with Crippen LogP contribution in [0.15, 0.2) is 0 Å². The fourth-order valence-electron chi connectivity index (χ4n) is 3.28. The van der Waals surface area contributed by atoms with Crippen molar-refractivity contribution < 1.29 is 0 Å². The van der Waals surface area contributed by atoms with E-state index in [1.807, 2.05) is 0 Å². The molecule has 1 atom stereocenters. The summed E-state index contributed by atoms with van der Waals surface area (Å²) in [5.41, 5.74) is 0. The van der Waals surface area contributed by atoms with Crippen LogP contribution in [0.4, 0.5) is 0 Å². The zero-order valence-electron chi connectivity index (χ0n) is 11.6. The van der Waals surface area contributed by atoms with Crippen molar-refractivity contribution in [1.82, 2.24) is 15.1 Å². The molecular weight excluding hydrogens is 210 g/mol. The Balaban J connectivity index is 1.64. The summed E-state index contributed by atoms with van der Waals surface area (Å²) in [6.45, 7) is 7.66. The van der Waals surface area contributed by atoms with Crippen LogP contribution in [0.25, 0.3) is 0 Å². The quantitative estimate of drug-likeness (QED) is 0.797. The maximum atomic E-state index is 3.52. The number of likely N-dealkylation sites (tertiary alicyclic amines) is 1. The van der Waals surface area contributed by atoms with Crippen molar-refractivity contribution in [2.75, 3.05) is 53.4 Å². The lowest BCUT2D eigenvalue weighted by Crippen LogP contribution is -2.40. The molecule has 100 valence electrons. The first kappa shape index (κ1) is 13.3. The fraction of sp³-hybridized carbons (Fsp3) is 1.00. The topological polar surface area (TPSA) is 18.5 Å². The second-order valence-corrected chi connectivity index (χ2v) is 6.18. The normalized spacial score (nSPS) is 28.8. The minimum Gasteiger partial charge on any atom is -0.316 e. The van der Waals surface area contributed by atoms with Crippen LogP contribution < -0.4 is 5.32 Å². The van der Waals surface area contributed by atoms with E-state index in [9.17, 15) is 0 Å². The molecule has 1 unspecified atom stereocenters. The van der Waals surface area contributed by atoms with Gasteiger partial charge in [-0.15, -0.1) is 0 Å². The Morgan fingerprint density at radius 3 is 2.47 bits per heavy atom.